The summed E-state index contributed by atoms with van der Waals surface area (Å²) in [4.78, 5) is 25.5. The van der Waals surface area contributed by atoms with Crippen LogP contribution in [0.25, 0.3) is 0 Å². The highest BCUT2D eigenvalue weighted by atomic mass is 16.5. The van der Waals surface area contributed by atoms with Gasteiger partial charge in [-0.1, -0.05) is 136 Å². The first-order valence-corrected chi connectivity index (χ1v) is 16.1. The summed E-state index contributed by atoms with van der Waals surface area (Å²) in [6, 6.07) is 3.70. The van der Waals surface area contributed by atoms with Gasteiger partial charge in [0.2, 0.25) is 0 Å². The maximum atomic E-state index is 13.1. The van der Waals surface area contributed by atoms with Crippen molar-refractivity contribution in [2.75, 3.05) is 6.61 Å². The molecule has 0 heterocycles. The minimum absolute atomic E-state index is 0.355. The maximum absolute atomic E-state index is 13.1. The number of ether oxygens (including phenoxy) is 1. The highest BCUT2D eigenvalue weighted by Gasteiger charge is 2.23. The summed E-state index contributed by atoms with van der Waals surface area (Å²) in [6.07, 6.45) is 24.8. The van der Waals surface area contributed by atoms with Gasteiger partial charge >= 0.3 is 11.9 Å². The Labute approximate surface area is 234 Å². The number of carbonyl (C=O) groups excluding carboxylic acids is 1. The molecule has 1 N–H and O–H groups in total. The molecule has 0 fully saturated rings. The molecule has 218 valence electrons. The largest absolute Gasteiger partial charge is 0.478 e. The number of carbonyl (C=O) groups is 2. The van der Waals surface area contributed by atoms with Gasteiger partial charge in [0.05, 0.1) is 17.7 Å². The van der Waals surface area contributed by atoms with Crippen molar-refractivity contribution in [3.05, 3.63) is 34.4 Å². The quantitative estimate of drug-likeness (QED) is 0.101. The summed E-state index contributed by atoms with van der Waals surface area (Å²) in [5.41, 5.74) is 2.38. The number of rotatable bonds is 25. The molecule has 0 aliphatic carbocycles. The standard InChI is InChI=1S/C34H58O4/c1-4-7-10-13-16-17-20-23-28-38-34(37)31-27-26-29(24-21-18-14-11-8-5-2)32(33(35)36)30(31)25-22-19-15-12-9-6-3/h26-27H,4-25,28H2,1-3H3,(H,35,36). The van der Waals surface area contributed by atoms with Crippen LogP contribution in [0, 0.1) is 0 Å². The van der Waals surface area contributed by atoms with Gasteiger partial charge in [0.1, 0.15) is 0 Å². The molecule has 0 saturated heterocycles. The third kappa shape index (κ3) is 14.9. The fourth-order valence-corrected chi connectivity index (χ4v) is 5.28. The van der Waals surface area contributed by atoms with E-state index < -0.39 is 5.97 Å². The molecule has 4 heteroatoms. The zero-order chi connectivity index (χ0) is 27.8. The monoisotopic (exact) mass is 530 g/mol. The Morgan fingerprint density at radius 1 is 0.605 bits per heavy atom. The maximum Gasteiger partial charge on any atom is 0.338 e. The van der Waals surface area contributed by atoms with Crippen molar-refractivity contribution in [1.29, 1.82) is 0 Å². The first-order chi connectivity index (χ1) is 18.6. The molecule has 4 nitrogen and oxygen atoms in total. The molecule has 38 heavy (non-hydrogen) atoms. The highest BCUT2D eigenvalue weighted by molar-refractivity contribution is 5.98. The molecule has 1 aromatic rings. The highest BCUT2D eigenvalue weighted by Crippen LogP contribution is 2.25. The van der Waals surface area contributed by atoms with Gasteiger partial charge in [-0.25, -0.2) is 9.59 Å². The minimum atomic E-state index is -0.912. The van der Waals surface area contributed by atoms with E-state index in [1.165, 1.54) is 83.5 Å². The first kappa shape index (κ1) is 34.2. The predicted molar refractivity (Wildman–Crippen MR) is 160 cm³/mol. The summed E-state index contributed by atoms with van der Waals surface area (Å²) in [6.45, 7) is 7.06. The van der Waals surface area contributed by atoms with Crippen molar-refractivity contribution < 1.29 is 19.4 Å². The van der Waals surface area contributed by atoms with Gasteiger partial charge in [0.25, 0.3) is 0 Å². The number of aromatic carboxylic acids is 1. The van der Waals surface area contributed by atoms with Crippen molar-refractivity contribution in [3.8, 4) is 0 Å². The summed E-state index contributed by atoms with van der Waals surface area (Å²) in [7, 11) is 0. The Hall–Kier alpha value is -1.84. The molecule has 0 aromatic heterocycles. The van der Waals surface area contributed by atoms with Crippen LogP contribution in [0.4, 0.5) is 0 Å². The third-order valence-electron chi connectivity index (χ3n) is 7.64. The van der Waals surface area contributed by atoms with Gasteiger partial charge in [-0.15, -0.1) is 0 Å². The van der Waals surface area contributed by atoms with Gasteiger partial charge < -0.3 is 9.84 Å². The molecule has 1 aromatic carbocycles. The third-order valence-corrected chi connectivity index (χ3v) is 7.64. The summed E-state index contributed by atoms with van der Waals surface area (Å²) < 4.78 is 5.65. The number of aryl methyl sites for hydroxylation is 1. The number of hydrogen-bond acceptors (Lipinski definition) is 3. The van der Waals surface area contributed by atoms with E-state index in [2.05, 4.69) is 20.8 Å². The zero-order valence-corrected chi connectivity index (χ0v) is 25.1. The molecule has 0 amide bonds. The van der Waals surface area contributed by atoms with Gasteiger partial charge in [-0.05, 0) is 49.3 Å². The lowest BCUT2D eigenvalue weighted by atomic mass is 9.89. The Morgan fingerprint density at radius 3 is 1.55 bits per heavy atom. The van der Waals surface area contributed by atoms with E-state index in [0.717, 1.165) is 56.9 Å². The fourth-order valence-electron chi connectivity index (χ4n) is 5.28. The van der Waals surface area contributed by atoms with E-state index in [-0.39, 0.29) is 5.97 Å². The Kier molecular flexibility index (Phi) is 20.8. The predicted octanol–water partition coefficient (Wildman–Crippen LogP) is 10.5. The smallest absolute Gasteiger partial charge is 0.338 e. The second-order valence-corrected chi connectivity index (χ2v) is 11.1. The fraction of sp³-hybridized carbons (Fsp3) is 0.765. The topological polar surface area (TPSA) is 63.6 Å². The average molecular weight is 531 g/mol. The van der Waals surface area contributed by atoms with Crippen LogP contribution in [-0.4, -0.2) is 23.7 Å². The molecular weight excluding hydrogens is 472 g/mol. The van der Waals surface area contributed by atoms with E-state index in [1.807, 2.05) is 12.1 Å². The van der Waals surface area contributed by atoms with E-state index in [9.17, 15) is 14.7 Å². The van der Waals surface area contributed by atoms with Crippen LogP contribution in [0.3, 0.4) is 0 Å². The first-order valence-electron chi connectivity index (χ1n) is 16.1. The molecule has 0 unspecified atom stereocenters. The number of unbranched alkanes of at least 4 members (excludes halogenated alkanes) is 17. The van der Waals surface area contributed by atoms with Gasteiger partial charge in [0.15, 0.2) is 0 Å². The molecule has 0 bridgehead atoms. The molecule has 0 aliphatic rings. The van der Waals surface area contributed by atoms with E-state index >= 15 is 0 Å². The van der Waals surface area contributed by atoms with E-state index in [1.54, 1.807) is 0 Å². The summed E-state index contributed by atoms with van der Waals surface area (Å²) in [5, 5.41) is 10.2. The van der Waals surface area contributed by atoms with Crippen molar-refractivity contribution >= 4 is 11.9 Å². The van der Waals surface area contributed by atoms with Crippen LogP contribution in [0.5, 0.6) is 0 Å². The van der Waals surface area contributed by atoms with E-state index in [0.29, 0.717) is 29.7 Å². The van der Waals surface area contributed by atoms with Crippen molar-refractivity contribution in [3.63, 3.8) is 0 Å². The second-order valence-electron chi connectivity index (χ2n) is 11.1. The minimum Gasteiger partial charge on any atom is -0.478 e. The van der Waals surface area contributed by atoms with Gasteiger partial charge in [0, 0.05) is 0 Å². The van der Waals surface area contributed by atoms with Gasteiger partial charge in [-0.2, -0.15) is 0 Å². The zero-order valence-electron chi connectivity index (χ0n) is 25.1. The SMILES string of the molecule is CCCCCCCCCCOC(=O)c1ccc(CCCCCCCC)c(C(=O)O)c1CCCCCCCC. The number of esters is 1. The van der Waals surface area contributed by atoms with Crippen LogP contribution >= 0.6 is 0 Å². The lowest BCUT2D eigenvalue weighted by Crippen LogP contribution is -2.16. The number of carboxylic acids is 1. The van der Waals surface area contributed by atoms with Crippen LogP contribution in [-0.2, 0) is 17.6 Å². The molecular formula is C34H58O4. The molecule has 0 saturated carbocycles. The Balaban J connectivity index is 2.80. The van der Waals surface area contributed by atoms with Crippen LogP contribution in [0.2, 0.25) is 0 Å². The lowest BCUT2D eigenvalue weighted by Gasteiger charge is -2.16. The van der Waals surface area contributed by atoms with Crippen molar-refractivity contribution in [2.45, 2.75) is 162 Å². The number of hydrogen-bond donors (Lipinski definition) is 1. The summed E-state index contributed by atoms with van der Waals surface area (Å²) in [5.74, 6) is -1.27. The number of carboxylic acid groups (broad SMARTS) is 1. The molecule has 0 spiro atoms. The average Bonchev–Trinajstić information content (AvgIpc) is 2.91. The molecule has 0 radical (unpaired) electrons. The van der Waals surface area contributed by atoms with Crippen LogP contribution in [0.1, 0.15) is 181 Å². The molecule has 0 aliphatic heterocycles. The Morgan fingerprint density at radius 2 is 1.05 bits per heavy atom. The van der Waals surface area contributed by atoms with E-state index in [4.69, 9.17) is 4.74 Å². The van der Waals surface area contributed by atoms with Crippen molar-refractivity contribution in [2.24, 2.45) is 0 Å². The van der Waals surface area contributed by atoms with Crippen LogP contribution < -0.4 is 0 Å². The van der Waals surface area contributed by atoms with Crippen LogP contribution in [0.15, 0.2) is 12.1 Å². The second kappa shape index (κ2) is 23.1. The van der Waals surface area contributed by atoms with Crippen molar-refractivity contribution in [1.82, 2.24) is 0 Å². The summed E-state index contributed by atoms with van der Waals surface area (Å²) >= 11 is 0. The molecule has 0 atom stereocenters. The normalized spacial score (nSPS) is 11.1. The Bertz CT molecular complexity index is 755. The lowest BCUT2D eigenvalue weighted by molar-refractivity contribution is 0.0496. The van der Waals surface area contributed by atoms with Gasteiger partial charge in [-0.3, -0.25) is 0 Å². The number of benzene rings is 1. The molecule has 1 rings (SSSR count).